The first-order valence-corrected chi connectivity index (χ1v) is 7.53. The van der Waals surface area contributed by atoms with E-state index in [4.69, 9.17) is 0 Å². The molecule has 1 aromatic heterocycles. The Hall–Kier alpha value is -2.23. The van der Waals surface area contributed by atoms with E-state index in [0.717, 1.165) is 24.8 Å². The summed E-state index contributed by atoms with van der Waals surface area (Å²) in [5, 5.41) is 0. The van der Waals surface area contributed by atoms with E-state index in [1.807, 2.05) is 12.1 Å². The summed E-state index contributed by atoms with van der Waals surface area (Å²) < 4.78 is 14.0. The molecule has 0 atom stereocenters. The van der Waals surface area contributed by atoms with Gasteiger partial charge >= 0.3 is 0 Å². The Kier molecular flexibility index (Phi) is 3.92. The Balaban J connectivity index is 1.69. The second-order valence-corrected chi connectivity index (χ2v) is 5.89. The molecular formula is C18H19FN2O. The van der Waals surface area contributed by atoms with Gasteiger partial charge in [-0.15, -0.1) is 0 Å². The quantitative estimate of drug-likeness (QED) is 0.850. The lowest BCUT2D eigenvalue weighted by Gasteiger charge is -2.24. The van der Waals surface area contributed by atoms with Gasteiger partial charge in [0.1, 0.15) is 5.82 Å². The predicted molar refractivity (Wildman–Crippen MR) is 82.9 cm³/mol. The van der Waals surface area contributed by atoms with Crippen LogP contribution in [0.2, 0.25) is 0 Å². The molecule has 1 aliphatic carbocycles. The number of carbonyl (C=O) groups is 1. The normalized spacial score (nSPS) is 15.4. The van der Waals surface area contributed by atoms with Crippen molar-refractivity contribution in [2.45, 2.75) is 24.7 Å². The smallest absolute Gasteiger partial charge is 0.233 e. The fourth-order valence-electron chi connectivity index (χ4n) is 2.89. The fourth-order valence-corrected chi connectivity index (χ4v) is 2.89. The van der Waals surface area contributed by atoms with Crippen molar-refractivity contribution in [3.05, 3.63) is 65.7 Å². The lowest BCUT2D eigenvalue weighted by Crippen LogP contribution is -2.38. The maximum absolute atomic E-state index is 14.0. The minimum atomic E-state index is -0.641. The van der Waals surface area contributed by atoms with Crippen molar-refractivity contribution in [3.8, 4) is 0 Å². The van der Waals surface area contributed by atoms with Gasteiger partial charge in [0.2, 0.25) is 5.91 Å². The third-order valence-electron chi connectivity index (χ3n) is 4.38. The number of aromatic nitrogens is 1. The van der Waals surface area contributed by atoms with Gasteiger partial charge in [-0.25, -0.2) is 4.39 Å². The molecule has 0 aliphatic heterocycles. The largest absolute Gasteiger partial charge is 0.345 e. The Morgan fingerprint density at radius 2 is 1.91 bits per heavy atom. The van der Waals surface area contributed by atoms with Crippen LogP contribution in [0.1, 0.15) is 24.0 Å². The number of rotatable bonds is 5. The van der Waals surface area contributed by atoms with Gasteiger partial charge < -0.3 is 4.90 Å². The number of halogens is 1. The molecule has 4 heteroatoms. The number of hydrogen-bond donors (Lipinski definition) is 0. The van der Waals surface area contributed by atoms with Crippen LogP contribution in [0, 0.1) is 5.82 Å². The van der Waals surface area contributed by atoms with Crippen molar-refractivity contribution < 1.29 is 9.18 Å². The van der Waals surface area contributed by atoms with E-state index in [1.165, 1.54) is 6.07 Å². The van der Waals surface area contributed by atoms with Crippen molar-refractivity contribution in [1.82, 2.24) is 9.88 Å². The molecular weight excluding hydrogens is 279 g/mol. The lowest BCUT2D eigenvalue weighted by molar-refractivity contribution is -0.132. The van der Waals surface area contributed by atoms with Gasteiger partial charge in [-0.2, -0.15) is 0 Å². The summed E-state index contributed by atoms with van der Waals surface area (Å²) in [5.41, 5.74) is 1.04. The van der Waals surface area contributed by atoms with Crippen LogP contribution in [0.5, 0.6) is 0 Å². The van der Waals surface area contributed by atoms with Crippen molar-refractivity contribution in [1.29, 1.82) is 0 Å². The van der Waals surface area contributed by atoms with Gasteiger partial charge in [0, 0.05) is 31.5 Å². The van der Waals surface area contributed by atoms with Crippen LogP contribution in [0.15, 0.2) is 48.8 Å². The first-order chi connectivity index (χ1) is 10.6. The summed E-state index contributed by atoms with van der Waals surface area (Å²) in [6.45, 7) is 0.624. The zero-order chi connectivity index (χ0) is 15.6. The standard InChI is InChI=1S/C18H19FN2O/c1-21(13-8-14-6-11-20-12-7-14)17(22)18(9-10-18)15-4-2-3-5-16(15)19/h2-7,11-12H,8-10,13H2,1H3. The summed E-state index contributed by atoms with van der Waals surface area (Å²) in [6.07, 6.45) is 5.73. The highest BCUT2D eigenvalue weighted by Gasteiger charge is 2.53. The molecule has 1 aromatic carbocycles. The highest BCUT2D eigenvalue weighted by atomic mass is 19.1. The molecule has 2 aromatic rings. The molecule has 1 amide bonds. The van der Waals surface area contributed by atoms with Gasteiger partial charge in [-0.3, -0.25) is 9.78 Å². The molecule has 0 saturated heterocycles. The molecule has 22 heavy (non-hydrogen) atoms. The molecule has 3 rings (SSSR count). The second kappa shape index (κ2) is 5.87. The Morgan fingerprint density at radius 3 is 2.55 bits per heavy atom. The highest BCUT2D eigenvalue weighted by molar-refractivity contribution is 5.91. The molecule has 0 spiro atoms. The summed E-state index contributed by atoms with van der Waals surface area (Å²) in [6, 6.07) is 10.5. The summed E-state index contributed by atoms with van der Waals surface area (Å²) >= 11 is 0. The molecule has 0 unspecified atom stereocenters. The van der Waals surface area contributed by atoms with Crippen molar-refractivity contribution in [3.63, 3.8) is 0 Å². The predicted octanol–water partition coefficient (Wildman–Crippen LogP) is 2.95. The molecule has 3 nitrogen and oxygen atoms in total. The summed E-state index contributed by atoms with van der Waals surface area (Å²) in [5.74, 6) is -0.262. The van der Waals surface area contributed by atoms with E-state index < -0.39 is 5.41 Å². The average molecular weight is 298 g/mol. The van der Waals surface area contributed by atoms with Crippen LogP contribution >= 0.6 is 0 Å². The molecule has 0 bridgehead atoms. The van der Waals surface area contributed by atoms with Gasteiger partial charge in [0.05, 0.1) is 5.41 Å². The van der Waals surface area contributed by atoms with E-state index in [0.29, 0.717) is 12.1 Å². The summed E-state index contributed by atoms with van der Waals surface area (Å²) in [4.78, 5) is 18.5. The topological polar surface area (TPSA) is 33.2 Å². The third kappa shape index (κ3) is 2.73. The van der Waals surface area contributed by atoms with Gasteiger partial charge in [0.15, 0.2) is 0 Å². The summed E-state index contributed by atoms with van der Waals surface area (Å²) in [7, 11) is 1.80. The number of benzene rings is 1. The second-order valence-electron chi connectivity index (χ2n) is 5.89. The Labute approximate surface area is 129 Å². The van der Waals surface area contributed by atoms with Crippen LogP contribution in [0.25, 0.3) is 0 Å². The zero-order valence-electron chi connectivity index (χ0n) is 12.6. The van der Waals surface area contributed by atoms with Crippen LogP contribution in [-0.4, -0.2) is 29.4 Å². The molecule has 1 heterocycles. The van der Waals surface area contributed by atoms with Gasteiger partial charge in [0.25, 0.3) is 0 Å². The highest BCUT2D eigenvalue weighted by Crippen LogP contribution is 2.50. The molecule has 0 radical (unpaired) electrons. The molecule has 1 saturated carbocycles. The minimum absolute atomic E-state index is 0.0201. The fraction of sp³-hybridized carbons (Fsp3) is 0.333. The zero-order valence-corrected chi connectivity index (χ0v) is 12.6. The number of carbonyl (C=O) groups excluding carboxylic acids is 1. The van der Waals surface area contributed by atoms with Crippen LogP contribution in [0.3, 0.4) is 0 Å². The van der Waals surface area contributed by atoms with Crippen LogP contribution < -0.4 is 0 Å². The minimum Gasteiger partial charge on any atom is -0.345 e. The van der Waals surface area contributed by atoms with E-state index in [9.17, 15) is 9.18 Å². The molecule has 0 N–H and O–H groups in total. The maximum Gasteiger partial charge on any atom is 0.233 e. The molecule has 1 fully saturated rings. The monoisotopic (exact) mass is 298 g/mol. The molecule has 114 valence electrons. The number of likely N-dealkylation sites (N-methyl/N-ethyl adjacent to an activating group) is 1. The van der Waals surface area contributed by atoms with E-state index in [-0.39, 0.29) is 11.7 Å². The Morgan fingerprint density at radius 1 is 1.23 bits per heavy atom. The Bertz CT molecular complexity index is 668. The van der Waals surface area contributed by atoms with Crippen LogP contribution in [-0.2, 0) is 16.6 Å². The maximum atomic E-state index is 14.0. The van der Waals surface area contributed by atoms with Crippen molar-refractivity contribution in [2.75, 3.05) is 13.6 Å². The first-order valence-electron chi connectivity index (χ1n) is 7.53. The van der Waals surface area contributed by atoms with E-state index >= 15 is 0 Å². The van der Waals surface area contributed by atoms with Gasteiger partial charge in [-0.05, 0) is 43.0 Å². The number of nitrogens with zero attached hydrogens (tertiary/aromatic N) is 2. The number of amides is 1. The SMILES string of the molecule is CN(CCc1ccncc1)C(=O)C1(c2ccccc2F)CC1. The average Bonchev–Trinajstić information content (AvgIpc) is 3.35. The van der Waals surface area contributed by atoms with Crippen LogP contribution in [0.4, 0.5) is 4.39 Å². The van der Waals surface area contributed by atoms with Crippen molar-refractivity contribution in [2.24, 2.45) is 0 Å². The first kappa shape index (κ1) is 14.7. The lowest BCUT2D eigenvalue weighted by atomic mass is 9.93. The van der Waals surface area contributed by atoms with Gasteiger partial charge in [-0.1, -0.05) is 18.2 Å². The third-order valence-corrected chi connectivity index (χ3v) is 4.38. The van der Waals surface area contributed by atoms with E-state index in [2.05, 4.69) is 4.98 Å². The number of pyridine rings is 1. The van der Waals surface area contributed by atoms with Crippen molar-refractivity contribution >= 4 is 5.91 Å². The molecule has 1 aliphatic rings. The van der Waals surface area contributed by atoms with E-state index in [1.54, 1.807) is 42.5 Å². The number of hydrogen-bond acceptors (Lipinski definition) is 2.